The molecule has 37 heavy (non-hydrogen) atoms. The van der Waals surface area contributed by atoms with E-state index in [9.17, 15) is 9.59 Å². The van der Waals surface area contributed by atoms with E-state index in [4.69, 9.17) is 9.73 Å². The minimum absolute atomic E-state index is 0.181. The van der Waals surface area contributed by atoms with Gasteiger partial charge < -0.3 is 20.3 Å². The molecule has 1 fully saturated rings. The lowest BCUT2D eigenvalue weighted by Crippen LogP contribution is -2.43. The molecule has 1 unspecified atom stereocenters. The zero-order valence-corrected chi connectivity index (χ0v) is 21.5. The van der Waals surface area contributed by atoms with Gasteiger partial charge in [-0.2, -0.15) is 0 Å². The number of amides is 2. The SMILES string of the molecule is COc1ccc(C(=O)Nc2cccc(C3C(C(=O)Nc4ccccc4)=C(C)N=C4SCCCN43)c2)cc1. The van der Waals surface area contributed by atoms with Crippen molar-refractivity contribution in [3.8, 4) is 5.75 Å². The summed E-state index contributed by atoms with van der Waals surface area (Å²) in [6.07, 6.45) is 1.00. The van der Waals surface area contributed by atoms with Gasteiger partial charge in [0, 0.05) is 29.2 Å². The maximum Gasteiger partial charge on any atom is 0.255 e. The van der Waals surface area contributed by atoms with Crippen molar-refractivity contribution in [2.45, 2.75) is 19.4 Å². The molecule has 0 aliphatic carbocycles. The second-order valence-corrected chi connectivity index (χ2v) is 9.88. The number of carbonyl (C=O) groups is 2. The number of rotatable bonds is 6. The van der Waals surface area contributed by atoms with Gasteiger partial charge in [0.15, 0.2) is 5.17 Å². The average molecular weight is 513 g/mol. The highest BCUT2D eigenvalue weighted by Crippen LogP contribution is 2.40. The molecule has 0 spiro atoms. The molecule has 2 heterocycles. The van der Waals surface area contributed by atoms with Crippen LogP contribution in [0.2, 0.25) is 0 Å². The van der Waals surface area contributed by atoms with E-state index < -0.39 is 0 Å². The molecule has 1 saturated heterocycles. The minimum Gasteiger partial charge on any atom is -0.497 e. The predicted molar refractivity (Wildman–Crippen MR) is 149 cm³/mol. The lowest BCUT2D eigenvalue weighted by molar-refractivity contribution is -0.113. The summed E-state index contributed by atoms with van der Waals surface area (Å²) in [6.45, 7) is 2.69. The van der Waals surface area contributed by atoms with Crippen LogP contribution in [0.25, 0.3) is 0 Å². The van der Waals surface area contributed by atoms with Crippen LogP contribution in [-0.2, 0) is 4.79 Å². The zero-order chi connectivity index (χ0) is 25.8. The third kappa shape index (κ3) is 5.39. The Morgan fingerprint density at radius 1 is 0.946 bits per heavy atom. The second kappa shape index (κ2) is 10.9. The summed E-state index contributed by atoms with van der Waals surface area (Å²) in [4.78, 5) is 33.5. The summed E-state index contributed by atoms with van der Waals surface area (Å²) in [6, 6.07) is 23.8. The van der Waals surface area contributed by atoms with Gasteiger partial charge in [0.25, 0.3) is 11.8 Å². The Balaban J connectivity index is 1.46. The molecule has 8 heteroatoms. The molecule has 2 amide bonds. The molecule has 0 aromatic heterocycles. The Morgan fingerprint density at radius 2 is 1.68 bits per heavy atom. The number of fused-ring (bicyclic) bond motifs is 1. The van der Waals surface area contributed by atoms with E-state index in [0.29, 0.717) is 28.3 Å². The van der Waals surface area contributed by atoms with Crippen LogP contribution in [0.1, 0.15) is 35.3 Å². The Labute approximate surface area is 220 Å². The monoisotopic (exact) mass is 512 g/mol. The highest BCUT2D eigenvalue weighted by Gasteiger charge is 2.37. The fourth-order valence-electron chi connectivity index (χ4n) is 4.56. The number of benzene rings is 3. The number of hydrogen-bond donors (Lipinski definition) is 2. The zero-order valence-electron chi connectivity index (χ0n) is 20.7. The molecule has 0 bridgehead atoms. The quantitative estimate of drug-likeness (QED) is 0.442. The van der Waals surface area contributed by atoms with Crippen molar-refractivity contribution in [3.05, 3.63) is 101 Å². The van der Waals surface area contributed by atoms with Gasteiger partial charge in [-0.25, -0.2) is 4.99 Å². The lowest BCUT2D eigenvalue weighted by Gasteiger charge is -2.41. The van der Waals surface area contributed by atoms with Crippen LogP contribution in [-0.4, -0.2) is 41.3 Å². The molecule has 188 valence electrons. The first-order chi connectivity index (χ1) is 18.0. The Morgan fingerprint density at radius 3 is 2.43 bits per heavy atom. The standard InChI is InChI=1S/C29H28N4O3S/c1-19-25(28(35)31-22-9-4-3-5-10-22)26(33-16-7-17-37-29(33)30-19)21-8-6-11-23(18-21)32-27(34)20-12-14-24(36-2)15-13-20/h3-6,8-15,18,26H,7,16-17H2,1-2H3,(H,31,35)(H,32,34). The Hall–Kier alpha value is -4.04. The summed E-state index contributed by atoms with van der Waals surface area (Å²) in [5, 5.41) is 6.96. The molecular formula is C29H28N4O3S. The molecule has 2 N–H and O–H groups in total. The summed E-state index contributed by atoms with van der Waals surface area (Å²) in [5.74, 6) is 1.29. The van der Waals surface area contributed by atoms with E-state index in [1.54, 1.807) is 43.1 Å². The van der Waals surface area contributed by atoms with Crippen LogP contribution >= 0.6 is 11.8 Å². The van der Waals surface area contributed by atoms with Gasteiger partial charge in [-0.3, -0.25) is 9.59 Å². The van der Waals surface area contributed by atoms with Crippen LogP contribution in [0.4, 0.5) is 11.4 Å². The summed E-state index contributed by atoms with van der Waals surface area (Å²) in [7, 11) is 1.59. The first-order valence-electron chi connectivity index (χ1n) is 12.1. The number of amidine groups is 1. The summed E-state index contributed by atoms with van der Waals surface area (Å²) in [5.41, 5.74) is 4.15. The number of nitrogens with zero attached hydrogens (tertiary/aromatic N) is 2. The van der Waals surface area contributed by atoms with E-state index in [1.165, 1.54) is 0 Å². The van der Waals surface area contributed by atoms with Crippen molar-refractivity contribution in [2.24, 2.45) is 4.99 Å². The van der Waals surface area contributed by atoms with Crippen LogP contribution < -0.4 is 15.4 Å². The van der Waals surface area contributed by atoms with Gasteiger partial charge in [-0.15, -0.1) is 0 Å². The van der Waals surface area contributed by atoms with Gasteiger partial charge in [0.1, 0.15) is 5.75 Å². The number of hydrogen-bond acceptors (Lipinski definition) is 6. The number of carbonyl (C=O) groups excluding carboxylic acids is 2. The van der Waals surface area contributed by atoms with Crippen molar-refractivity contribution in [2.75, 3.05) is 30.0 Å². The average Bonchev–Trinajstić information content (AvgIpc) is 2.93. The van der Waals surface area contributed by atoms with Crippen molar-refractivity contribution in [1.29, 1.82) is 0 Å². The molecule has 0 saturated carbocycles. The molecule has 0 radical (unpaired) electrons. The highest BCUT2D eigenvalue weighted by molar-refractivity contribution is 8.13. The van der Waals surface area contributed by atoms with Gasteiger partial charge in [-0.1, -0.05) is 42.1 Å². The van der Waals surface area contributed by atoms with Crippen LogP contribution in [0.5, 0.6) is 5.75 Å². The molecule has 7 nitrogen and oxygen atoms in total. The molecule has 2 aliphatic rings. The fraction of sp³-hybridized carbons (Fsp3) is 0.207. The first-order valence-corrected chi connectivity index (χ1v) is 13.1. The molecule has 3 aromatic carbocycles. The van der Waals surface area contributed by atoms with Gasteiger partial charge >= 0.3 is 0 Å². The molecule has 1 atom stereocenters. The molecule has 5 rings (SSSR count). The molecular weight excluding hydrogens is 484 g/mol. The third-order valence-corrected chi connectivity index (χ3v) is 7.42. The van der Waals surface area contributed by atoms with Crippen LogP contribution in [0.15, 0.2) is 95.1 Å². The topological polar surface area (TPSA) is 83.0 Å². The minimum atomic E-state index is -0.318. The maximum absolute atomic E-state index is 13.6. The Bertz CT molecular complexity index is 1370. The number of allylic oxidation sites excluding steroid dienone is 1. The van der Waals surface area contributed by atoms with E-state index in [1.807, 2.05) is 61.5 Å². The summed E-state index contributed by atoms with van der Waals surface area (Å²) >= 11 is 1.71. The predicted octanol–water partition coefficient (Wildman–Crippen LogP) is 5.71. The van der Waals surface area contributed by atoms with E-state index >= 15 is 0 Å². The number of nitrogens with one attached hydrogen (secondary N) is 2. The summed E-state index contributed by atoms with van der Waals surface area (Å²) < 4.78 is 5.18. The lowest BCUT2D eigenvalue weighted by atomic mass is 9.93. The van der Waals surface area contributed by atoms with E-state index in [0.717, 1.165) is 35.1 Å². The van der Waals surface area contributed by atoms with Crippen LogP contribution in [0.3, 0.4) is 0 Å². The van der Waals surface area contributed by atoms with Crippen molar-refractivity contribution >= 4 is 40.1 Å². The highest BCUT2D eigenvalue weighted by atomic mass is 32.2. The van der Waals surface area contributed by atoms with Gasteiger partial charge in [-0.05, 0) is 67.4 Å². The van der Waals surface area contributed by atoms with Crippen molar-refractivity contribution in [3.63, 3.8) is 0 Å². The number of aliphatic imine (C=N–C) groups is 1. The number of ether oxygens (including phenoxy) is 1. The number of para-hydroxylation sites is 1. The second-order valence-electron chi connectivity index (χ2n) is 8.82. The van der Waals surface area contributed by atoms with Gasteiger partial charge in [0.05, 0.1) is 24.4 Å². The smallest absolute Gasteiger partial charge is 0.255 e. The Kier molecular flexibility index (Phi) is 7.28. The molecule has 3 aromatic rings. The largest absolute Gasteiger partial charge is 0.497 e. The number of anilines is 2. The van der Waals surface area contributed by atoms with E-state index in [-0.39, 0.29) is 17.9 Å². The van der Waals surface area contributed by atoms with Crippen LogP contribution in [0, 0.1) is 0 Å². The first kappa shape index (κ1) is 24.6. The van der Waals surface area contributed by atoms with Crippen molar-refractivity contribution in [1.82, 2.24) is 4.90 Å². The third-order valence-electron chi connectivity index (χ3n) is 6.35. The van der Waals surface area contributed by atoms with E-state index in [2.05, 4.69) is 15.5 Å². The van der Waals surface area contributed by atoms with Gasteiger partial charge in [0.2, 0.25) is 0 Å². The van der Waals surface area contributed by atoms with Crippen molar-refractivity contribution < 1.29 is 14.3 Å². The fourth-order valence-corrected chi connectivity index (χ4v) is 5.58. The maximum atomic E-state index is 13.6. The molecule has 2 aliphatic heterocycles. The number of thioether (sulfide) groups is 1. The number of methoxy groups -OCH3 is 1. The normalized spacial score (nSPS) is 17.0.